The van der Waals surface area contributed by atoms with E-state index in [9.17, 15) is 9.18 Å². The maximum absolute atomic E-state index is 13.2. The van der Waals surface area contributed by atoms with Crippen molar-refractivity contribution in [2.45, 2.75) is 32.1 Å². The van der Waals surface area contributed by atoms with Crippen LogP contribution in [0.25, 0.3) is 11.3 Å². The highest BCUT2D eigenvalue weighted by molar-refractivity contribution is 5.92. The summed E-state index contributed by atoms with van der Waals surface area (Å²) in [6.07, 6.45) is 3.12. The van der Waals surface area contributed by atoms with Crippen LogP contribution in [0.4, 0.5) is 15.9 Å². The maximum Gasteiger partial charge on any atom is 0.229 e. The molecule has 0 atom stereocenters. The van der Waals surface area contributed by atoms with E-state index in [-0.39, 0.29) is 18.1 Å². The second kappa shape index (κ2) is 9.43. The van der Waals surface area contributed by atoms with Crippen molar-refractivity contribution in [2.75, 3.05) is 11.1 Å². The SMILES string of the molecule is Nc1ccc2c(c1)CCc1nc(NC(=O)Cc3ccc(F)cc3)c(CCc3ccccc3)nc1-2. The van der Waals surface area contributed by atoms with Crippen molar-refractivity contribution in [1.82, 2.24) is 9.97 Å². The first kappa shape index (κ1) is 21.8. The van der Waals surface area contributed by atoms with E-state index >= 15 is 0 Å². The number of nitrogens with one attached hydrogen (secondary N) is 1. The van der Waals surface area contributed by atoms with Crippen LogP contribution in [0.3, 0.4) is 0 Å². The zero-order chi connectivity index (χ0) is 23.5. The molecule has 0 bridgehead atoms. The Morgan fingerprint density at radius 3 is 2.50 bits per heavy atom. The molecule has 0 aliphatic heterocycles. The van der Waals surface area contributed by atoms with Crippen LogP contribution < -0.4 is 11.1 Å². The van der Waals surface area contributed by atoms with Gasteiger partial charge in [-0.05, 0) is 66.6 Å². The van der Waals surface area contributed by atoms with Gasteiger partial charge in [0.15, 0.2) is 5.82 Å². The van der Waals surface area contributed by atoms with Gasteiger partial charge in [0.1, 0.15) is 5.82 Å². The summed E-state index contributed by atoms with van der Waals surface area (Å²) in [5, 5.41) is 2.97. The number of aryl methyl sites for hydroxylation is 4. The number of nitrogens with two attached hydrogens (primary N) is 1. The molecule has 3 aromatic carbocycles. The Hall–Kier alpha value is -4.06. The number of halogens is 1. The van der Waals surface area contributed by atoms with Crippen LogP contribution >= 0.6 is 0 Å². The second-order valence-corrected chi connectivity index (χ2v) is 8.57. The Bertz CT molecular complexity index is 1340. The van der Waals surface area contributed by atoms with Crippen molar-refractivity contribution in [3.63, 3.8) is 0 Å². The van der Waals surface area contributed by atoms with Crippen molar-refractivity contribution in [3.8, 4) is 11.3 Å². The van der Waals surface area contributed by atoms with Gasteiger partial charge in [0.2, 0.25) is 5.91 Å². The van der Waals surface area contributed by atoms with Gasteiger partial charge in [0.05, 0.1) is 23.5 Å². The van der Waals surface area contributed by atoms with Gasteiger partial charge in [-0.3, -0.25) is 4.79 Å². The predicted molar refractivity (Wildman–Crippen MR) is 132 cm³/mol. The summed E-state index contributed by atoms with van der Waals surface area (Å²) in [6, 6.07) is 22.0. The van der Waals surface area contributed by atoms with Crippen molar-refractivity contribution >= 4 is 17.4 Å². The van der Waals surface area contributed by atoms with E-state index in [0.29, 0.717) is 12.2 Å². The minimum atomic E-state index is -0.324. The fourth-order valence-corrected chi connectivity index (χ4v) is 4.35. The Kier molecular flexibility index (Phi) is 6.04. The van der Waals surface area contributed by atoms with E-state index in [2.05, 4.69) is 17.4 Å². The molecule has 1 aliphatic carbocycles. The Morgan fingerprint density at radius 1 is 0.912 bits per heavy atom. The standard InChI is InChI=1S/C28H25FN4O/c29-21-10-6-19(7-11-21)16-26(34)33-28-25(14-8-18-4-2-1-3-5-18)31-27-23-13-12-22(30)17-20(23)9-15-24(27)32-28/h1-7,10-13,17H,8-9,14-16,30H2,(H,32,33,34). The monoisotopic (exact) mass is 452 g/mol. The van der Waals surface area contributed by atoms with E-state index in [0.717, 1.165) is 53.2 Å². The number of carbonyl (C=O) groups excluding carboxylic acids is 1. The highest BCUT2D eigenvalue weighted by Gasteiger charge is 2.22. The van der Waals surface area contributed by atoms with E-state index in [1.807, 2.05) is 36.4 Å². The van der Waals surface area contributed by atoms with Gasteiger partial charge < -0.3 is 11.1 Å². The number of hydrogen-bond donors (Lipinski definition) is 2. The Labute approximate surface area is 197 Å². The molecule has 170 valence electrons. The lowest BCUT2D eigenvalue weighted by atomic mass is 9.91. The van der Waals surface area contributed by atoms with E-state index < -0.39 is 0 Å². The third-order valence-corrected chi connectivity index (χ3v) is 6.08. The van der Waals surface area contributed by atoms with Gasteiger partial charge in [-0.1, -0.05) is 48.5 Å². The topological polar surface area (TPSA) is 80.9 Å². The van der Waals surface area contributed by atoms with Crippen LogP contribution in [0.5, 0.6) is 0 Å². The van der Waals surface area contributed by atoms with Crippen LogP contribution in [0.1, 0.15) is 28.1 Å². The van der Waals surface area contributed by atoms with E-state index in [1.54, 1.807) is 12.1 Å². The molecular weight excluding hydrogens is 427 g/mol. The number of nitrogens with zero attached hydrogens (tertiary/aromatic N) is 2. The van der Waals surface area contributed by atoms with Crippen LogP contribution in [0.15, 0.2) is 72.8 Å². The lowest BCUT2D eigenvalue weighted by Crippen LogP contribution is -2.20. The van der Waals surface area contributed by atoms with Crippen molar-refractivity contribution in [1.29, 1.82) is 0 Å². The summed E-state index contributed by atoms with van der Waals surface area (Å²) in [5.41, 5.74) is 13.4. The van der Waals surface area contributed by atoms with Crippen molar-refractivity contribution < 1.29 is 9.18 Å². The average Bonchev–Trinajstić information content (AvgIpc) is 2.84. The Balaban J connectivity index is 1.46. The minimum absolute atomic E-state index is 0.138. The fourth-order valence-electron chi connectivity index (χ4n) is 4.35. The normalized spacial score (nSPS) is 12.0. The van der Waals surface area contributed by atoms with Gasteiger partial charge in [0.25, 0.3) is 0 Å². The number of benzene rings is 3. The molecule has 0 spiro atoms. The molecule has 1 aromatic heterocycles. The maximum atomic E-state index is 13.2. The highest BCUT2D eigenvalue weighted by atomic mass is 19.1. The van der Waals surface area contributed by atoms with Crippen LogP contribution in [0, 0.1) is 5.82 Å². The third-order valence-electron chi connectivity index (χ3n) is 6.08. The molecule has 0 fully saturated rings. The number of aromatic nitrogens is 2. The molecule has 5 nitrogen and oxygen atoms in total. The summed E-state index contributed by atoms with van der Waals surface area (Å²) in [7, 11) is 0. The van der Waals surface area contributed by atoms with E-state index in [1.165, 1.54) is 23.3 Å². The zero-order valence-corrected chi connectivity index (χ0v) is 18.7. The first-order chi connectivity index (χ1) is 16.5. The molecule has 1 amide bonds. The molecule has 4 aromatic rings. The van der Waals surface area contributed by atoms with Gasteiger partial charge in [0, 0.05) is 11.3 Å². The molecule has 6 heteroatoms. The van der Waals surface area contributed by atoms with Gasteiger partial charge >= 0.3 is 0 Å². The molecule has 5 rings (SSSR count). The summed E-state index contributed by atoms with van der Waals surface area (Å²) in [6.45, 7) is 0. The number of anilines is 2. The Morgan fingerprint density at radius 2 is 1.71 bits per heavy atom. The van der Waals surface area contributed by atoms with Crippen LogP contribution in [0.2, 0.25) is 0 Å². The first-order valence-electron chi connectivity index (χ1n) is 11.4. The zero-order valence-electron chi connectivity index (χ0n) is 18.7. The number of carbonyl (C=O) groups is 1. The van der Waals surface area contributed by atoms with Gasteiger partial charge in [-0.15, -0.1) is 0 Å². The fraction of sp³-hybridized carbons (Fsp3) is 0.179. The quantitative estimate of drug-likeness (QED) is 0.407. The second-order valence-electron chi connectivity index (χ2n) is 8.57. The average molecular weight is 453 g/mol. The van der Waals surface area contributed by atoms with E-state index in [4.69, 9.17) is 15.7 Å². The molecule has 1 aliphatic rings. The molecule has 1 heterocycles. The van der Waals surface area contributed by atoms with Crippen LogP contribution in [-0.4, -0.2) is 15.9 Å². The first-order valence-corrected chi connectivity index (χ1v) is 11.4. The number of nitrogen functional groups attached to an aromatic ring is 1. The number of rotatable bonds is 6. The molecule has 0 saturated carbocycles. The largest absolute Gasteiger partial charge is 0.399 e. The molecule has 0 radical (unpaired) electrons. The summed E-state index contributed by atoms with van der Waals surface area (Å²) >= 11 is 0. The van der Waals surface area contributed by atoms with Crippen LogP contribution in [-0.2, 0) is 36.9 Å². The molecule has 3 N–H and O–H groups in total. The molecule has 0 unspecified atom stereocenters. The molecular formula is C28H25FN4O. The highest BCUT2D eigenvalue weighted by Crippen LogP contribution is 2.34. The number of hydrogen-bond acceptors (Lipinski definition) is 4. The lowest BCUT2D eigenvalue weighted by Gasteiger charge is -2.21. The molecule has 0 saturated heterocycles. The number of amides is 1. The molecule has 34 heavy (non-hydrogen) atoms. The van der Waals surface area contributed by atoms with Crippen molar-refractivity contribution in [3.05, 3.63) is 107 Å². The van der Waals surface area contributed by atoms with Crippen molar-refractivity contribution in [2.24, 2.45) is 0 Å². The third kappa shape index (κ3) is 4.81. The summed E-state index contributed by atoms with van der Waals surface area (Å²) in [4.78, 5) is 22.7. The summed E-state index contributed by atoms with van der Waals surface area (Å²) in [5.74, 6) is -0.0264. The van der Waals surface area contributed by atoms with Gasteiger partial charge in [-0.2, -0.15) is 0 Å². The lowest BCUT2D eigenvalue weighted by molar-refractivity contribution is -0.115. The smallest absolute Gasteiger partial charge is 0.229 e. The summed E-state index contributed by atoms with van der Waals surface area (Å²) < 4.78 is 13.2. The van der Waals surface area contributed by atoms with Gasteiger partial charge in [-0.25, -0.2) is 14.4 Å². The minimum Gasteiger partial charge on any atom is -0.399 e. The predicted octanol–water partition coefficient (Wildman–Crippen LogP) is 4.93. The number of fused-ring (bicyclic) bond motifs is 3.